The monoisotopic (exact) mass is 265 g/mol. The van der Waals surface area contributed by atoms with Gasteiger partial charge in [-0.3, -0.25) is 9.59 Å². The van der Waals surface area contributed by atoms with E-state index in [9.17, 15) is 9.59 Å². The van der Waals surface area contributed by atoms with Crippen LogP contribution in [0.2, 0.25) is 0 Å². The highest BCUT2D eigenvalue weighted by Gasteiger charge is 2.30. The molecule has 1 aromatic heterocycles. The van der Waals surface area contributed by atoms with E-state index in [1.807, 2.05) is 5.38 Å². The summed E-state index contributed by atoms with van der Waals surface area (Å²) in [5, 5.41) is 8.13. The maximum atomic E-state index is 11.6. The largest absolute Gasteiger partial charge is 0.353 e. The highest BCUT2D eigenvalue weighted by Crippen LogP contribution is 2.30. The zero-order valence-corrected chi connectivity index (χ0v) is 10.8. The molecule has 6 heteroatoms. The molecule has 1 aromatic rings. The van der Waals surface area contributed by atoms with Gasteiger partial charge < -0.3 is 10.6 Å². The fourth-order valence-electron chi connectivity index (χ4n) is 1.67. The van der Waals surface area contributed by atoms with Crippen molar-refractivity contribution in [3.63, 3.8) is 0 Å². The lowest BCUT2D eigenvalue weighted by atomic mass is 10.3. The first kappa shape index (κ1) is 11.6. The second-order valence-electron chi connectivity index (χ2n) is 4.93. The van der Waals surface area contributed by atoms with E-state index in [1.165, 1.54) is 11.3 Å². The van der Waals surface area contributed by atoms with Crippen LogP contribution in [0.25, 0.3) is 0 Å². The Labute approximate surface area is 109 Å². The Morgan fingerprint density at radius 3 is 2.78 bits per heavy atom. The molecule has 5 nitrogen and oxygen atoms in total. The highest BCUT2D eigenvalue weighted by atomic mass is 32.1. The molecule has 0 spiro atoms. The molecular formula is C12H15N3O2S. The Morgan fingerprint density at radius 1 is 1.33 bits per heavy atom. The molecule has 3 rings (SSSR count). The molecule has 0 atom stereocenters. The van der Waals surface area contributed by atoms with Crippen LogP contribution in [-0.2, 0) is 16.0 Å². The van der Waals surface area contributed by atoms with Crippen LogP contribution in [-0.4, -0.2) is 22.8 Å². The molecule has 1 heterocycles. The second-order valence-corrected chi connectivity index (χ2v) is 5.78. The molecule has 0 saturated heterocycles. The molecule has 0 bridgehead atoms. The Morgan fingerprint density at radius 2 is 2.11 bits per heavy atom. The molecule has 96 valence electrons. The summed E-state index contributed by atoms with van der Waals surface area (Å²) in [6.07, 6.45) is 4.44. The highest BCUT2D eigenvalue weighted by molar-refractivity contribution is 7.13. The Kier molecular flexibility index (Phi) is 3.03. The van der Waals surface area contributed by atoms with Crippen LogP contribution in [0.5, 0.6) is 0 Å². The number of nitrogens with zero attached hydrogens (tertiary/aromatic N) is 1. The van der Waals surface area contributed by atoms with Gasteiger partial charge in [0.25, 0.3) is 0 Å². The topological polar surface area (TPSA) is 71.1 Å². The van der Waals surface area contributed by atoms with E-state index < -0.39 is 0 Å². The number of rotatable bonds is 5. The van der Waals surface area contributed by atoms with Crippen molar-refractivity contribution in [3.05, 3.63) is 11.1 Å². The molecular weight excluding hydrogens is 250 g/mol. The van der Waals surface area contributed by atoms with E-state index >= 15 is 0 Å². The quantitative estimate of drug-likeness (QED) is 0.843. The first-order valence-corrected chi connectivity index (χ1v) is 7.13. The minimum Gasteiger partial charge on any atom is -0.353 e. The normalized spacial score (nSPS) is 18.4. The van der Waals surface area contributed by atoms with E-state index in [2.05, 4.69) is 15.6 Å². The first-order valence-electron chi connectivity index (χ1n) is 6.25. The smallest absolute Gasteiger partial charge is 0.229 e. The third kappa shape index (κ3) is 3.07. The zero-order valence-electron chi connectivity index (χ0n) is 9.94. The number of thiazole rings is 1. The van der Waals surface area contributed by atoms with Gasteiger partial charge in [0, 0.05) is 17.3 Å². The van der Waals surface area contributed by atoms with Crippen molar-refractivity contribution in [3.8, 4) is 0 Å². The van der Waals surface area contributed by atoms with Crippen LogP contribution in [0, 0.1) is 5.92 Å². The lowest BCUT2D eigenvalue weighted by Gasteiger charge is -2.00. The van der Waals surface area contributed by atoms with Crippen molar-refractivity contribution in [1.82, 2.24) is 10.3 Å². The SMILES string of the molecule is O=C(Cc1csc(NC(=O)C2CC2)n1)NC1CC1. The Bertz CT molecular complexity index is 477. The summed E-state index contributed by atoms with van der Waals surface area (Å²) in [4.78, 5) is 27.4. The van der Waals surface area contributed by atoms with Crippen molar-refractivity contribution in [2.24, 2.45) is 5.92 Å². The molecule has 0 aliphatic heterocycles. The van der Waals surface area contributed by atoms with Crippen molar-refractivity contribution in [2.45, 2.75) is 38.1 Å². The van der Waals surface area contributed by atoms with Gasteiger partial charge in [-0.25, -0.2) is 4.98 Å². The number of aromatic nitrogens is 1. The van der Waals surface area contributed by atoms with Gasteiger partial charge in [0.15, 0.2) is 5.13 Å². The fraction of sp³-hybridized carbons (Fsp3) is 0.583. The van der Waals surface area contributed by atoms with Gasteiger partial charge in [-0.2, -0.15) is 0 Å². The summed E-state index contributed by atoms with van der Waals surface area (Å²) in [6.45, 7) is 0. The third-order valence-electron chi connectivity index (χ3n) is 3.01. The average Bonchev–Trinajstić information content (AvgIpc) is 3.20. The lowest BCUT2D eigenvalue weighted by Crippen LogP contribution is -2.27. The van der Waals surface area contributed by atoms with E-state index in [-0.39, 0.29) is 17.7 Å². The van der Waals surface area contributed by atoms with Crippen LogP contribution < -0.4 is 10.6 Å². The van der Waals surface area contributed by atoms with E-state index in [4.69, 9.17) is 0 Å². The van der Waals surface area contributed by atoms with Crippen LogP contribution >= 0.6 is 11.3 Å². The second kappa shape index (κ2) is 4.68. The molecule has 2 aliphatic carbocycles. The van der Waals surface area contributed by atoms with Crippen LogP contribution in [0.1, 0.15) is 31.4 Å². The number of nitrogens with one attached hydrogen (secondary N) is 2. The maximum absolute atomic E-state index is 11.6. The predicted octanol–water partition coefficient (Wildman–Crippen LogP) is 1.31. The molecule has 2 amide bonds. The zero-order chi connectivity index (χ0) is 12.5. The summed E-state index contributed by atoms with van der Waals surface area (Å²) in [5.74, 6) is 0.247. The van der Waals surface area contributed by atoms with Gasteiger partial charge in [0.1, 0.15) is 0 Å². The van der Waals surface area contributed by atoms with Crippen molar-refractivity contribution < 1.29 is 9.59 Å². The number of carbonyl (C=O) groups is 2. The summed E-state index contributed by atoms with van der Waals surface area (Å²) >= 11 is 1.38. The molecule has 2 saturated carbocycles. The molecule has 2 fully saturated rings. The van der Waals surface area contributed by atoms with Gasteiger partial charge >= 0.3 is 0 Å². The van der Waals surface area contributed by atoms with Crippen LogP contribution in [0.4, 0.5) is 5.13 Å². The Balaban J connectivity index is 1.51. The lowest BCUT2D eigenvalue weighted by molar-refractivity contribution is -0.120. The number of anilines is 1. The Hall–Kier alpha value is -1.43. The molecule has 0 radical (unpaired) electrons. The predicted molar refractivity (Wildman–Crippen MR) is 68.3 cm³/mol. The summed E-state index contributed by atoms with van der Waals surface area (Å²) < 4.78 is 0. The van der Waals surface area contributed by atoms with Crippen LogP contribution in [0.15, 0.2) is 5.38 Å². The molecule has 2 aliphatic rings. The summed E-state index contributed by atoms with van der Waals surface area (Å²) in [7, 11) is 0. The van der Waals surface area contributed by atoms with Gasteiger partial charge in [-0.15, -0.1) is 11.3 Å². The van der Waals surface area contributed by atoms with Crippen molar-refractivity contribution in [2.75, 3.05) is 5.32 Å². The average molecular weight is 265 g/mol. The number of hydrogen-bond donors (Lipinski definition) is 2. The minimum atomic E-state index is 0.0165. The van der Waals surface area contributed by atoms with Gasteiger partial charge in [0.2, 0.25) is 11.8 Å². The molecule has 18 heavy (non-hydrogen) atoms. The standard InChI is InChI=1S/C12H15N3O2S/c16-10(13-8-3-4-8)5-9-6-18-12(14-9)15-11(17)7-1-2-7/h6-8H,1-5H2,(H,13,16)(H,14,15,17). The van der Waals surface area contributed by atoms with Crippen LogP contribution in [0.3, 0.4) is 0 Å². The van der Waals surface area contributed by atoms with Gasteiger partial charge in [-0.05, 0) is 25.7 Å². The molecule has 2 N–H and O–H groups in total. The van der Waals surface area contributed by atoms with E-state index in [1.54, 1.807) is 0 Å². The van der Waals surface area contributed by atoms with Crippen molar-refractivity contribution in [1.29, 1.82) is 0 Å². The molecule has 0 aromatic carbocycles. The third-order valence-corrected chi connectivity index (χ3v) is 3.82. The fourth-order valence-corrected chi connectivity index (χ4v) is 2.38. The van der Waals surface area contributed by atoms with Crippen molar-refractivity contribution >= 4 is 28.3 Å². The van der Waals surface area contributed by atoms with E-state index in [0.29, 0.717) is 17.6 Å². The number of hydrogen-bond acceptors (Lipinski definition) is 4. The van der Waals surface area contributed by atoms with E-state index in [0.717, 1.165) is 31.4 Å². The van der Waals surface area contributed by atoms with Gasteiger partial charge in [0.05, 0.1) is 12.1 Å². The summed E-state index contributed by atoms with van der Waals surface area (Å²) in [6, 6.07) is 0.380. The first-order chi connectivity index (χ1) is 8.70. The minimum absolute atomic E-state index is 0.0165. The number of amides is 2. The number of carbonyl (C=O) groups excluding carboxylic acids is 2. The molecule has 0 unspecified atom stereocenters. The maximum Gasteiger partial charge on any atom is 0.229 e. The van der Waals surface area contributed by atoms with Gasteiger partial charge in [-0.1, -0.05) is 0 Å². The summed E-state index contributed by atoms with van der Waals surface area (Å²) in [5.41, 5.74) is 0.726.